The first-order valence-corrected chi connectivity index (χ1v) is 13.9. The maximum absolute atomic E-state index is 14.8. The van der Waals surface area contributed by atoms with Crippen LogP contribution in [0.3, 0.4) is 0 Å². The zero-order valence-corrected chi connectivity index (χ0v) is 18.3. The highest BCUT2D eigenvalue weighted by atomic mass is 32.3. The van der Waals surface area contributed by atoms with Gasteiger partial charge in [-0.05, 0) is 25.7 Å². The molecule has 2 fully saturated rings. The van der Waals surface area contributed by atoms with Crippen LogP contribution in [-0.2, 0) is 34.4 Å². The molecular formula is C15H24F2NO8S3-. The van der Waals surface area contributed by atoms with Gasteiger partial charge in [0.05, 0.1) is 5.95 Å². The second kappa shape index (κ2) is 8.63. The third-order valence-corrected chi connectivity index (χ3v) is 11.5. The second-order valence-corrected chi connectivity index (χ2v) is 13.5. The Bertz CT molecular complexity index is 946. The maximum Gasteiger partial charge on any atom is 0.464 e. The first kappa shape index (κ1) is 24.3. The van der Waals surface area contributed by atoms with Crippen molar-refractivity contribution in [1.29, 1.82) is 0 Å². The third kappa shape index (κ3) is 4.85. The normalized spacial score (nSPS) is 22.2. The topological polar surface area (TPSA) is 138 Å². The first-order chi connectivity index (χ1) is 13.2. The minimum Gasteiger partial charge on any atom is -0.609 e. The van der Waals surface area contributed by atoms with E-state index in [9.17, 15) is 39.1 Å². The number of piperidine rings is 1. The molecule has 0 aromatic heterocycles. The largest absolute Gasteiger partial charge is 0.609 e. The summed E-state index contributed by atoms with van der Waals surface area (Å²) in [6.07, 6.45) is 3.26. The summed E-state index contributed by atoms with van der Waals surface area (Å²) in [6, 6.07) is 0. The number of hydrogen-bond acceptors (Lipinski definition) is 8. The highest BCUT2D eigenvalue weighted by molar-refractivity contribution is 8.20. The van der Waals surface area contributed by atoms with Gasteiger partial charge in [0, 0.05) is 25.4 Å². The van der Waals surface area contributed by atoms with E-state index >= 15 is 0 Å². The smallest absolute Gasteiger partial charge is 0.464 e. The van der Waals surface area contributed by atoms with Gasteiger partial charge in [-0.1, -0.05) is 25.7 Å². The van der Waals surface area contributed by atoms with Crippen molar-refractivity contribution in [2.45, 2.75) is 62.1 Å². The maximum atomic E-state index is 14.8. The standard InChI is InChI=1S/C15H25F2NO8S3/c1-27(20,21)14(13(19)26-12-8-4-2-5-9-12)28(22,23)15(16,17)29(24,25)18-10-6-3-7-11-18/h12,19H,2-11H2,1H3/p-1. The van der Waals surface area contributed by atoms with Crippen molar-refractivity contribution in [3.63, 3.8) is 0 Å². The van der Waals surface area contributed by atoms with Crippen LogP contribution in [0.5, 0.6) is 0 Å². The Morgan fingerprint density at radius 1 is 0.931 bits per heavy atom. The molecule has 0 radical (unpaired) electrons. The van der Waals surface area contributed by atoms with Gasteiger partial charge in [-0.25, -0.2) is 25.3 Å². The fourth-order valence-corrected chi connectivity index (χ4v) is 8.96. The summed E-state index contributed by atoms with van der Waals surface area (Å²) in [5, 5.41) is 12.3. The van der Waals surface area contributed by atoms with Gasteiger partial charge in [0.15, 0.2) is 14.1 Å². The molecule has 1 heterocycles. The van der Waals surface area contributed by atoms with Crippen LogP contribution in [0.4, 0.5) is 8.78 Å². The van der Waals surface area contributed by atoms with Gasteiger partial charge in [0.2, 0.25) is 0 Å². The predicted molar refractivity (Wildman–Crippen MR) is 98.0 cm³/mol. The van der Waals surface area contributed by atoms with E-state index in [1.54, 1.807) is 0 Å². The molecule has 29 heavy (non-hydrogen) atoms. The van der Waals surface area contributed by atoms with Crippen LogP contribution in [0.2, 0.25) is 0 Å². The second-order valence-electron chi connectivity index (χ2n) is 7.16. The van der Waals surface area contributed by atoms with Crippen LogP contribution >= 0.6 is 0 Å². The van der Waals surface area contributed by atoms with Gasteiger partial charge in [0.25, 0.3) is 19.9 Å². The molecule has 1 saturated heterocycles. The van der Waals surface area contributed by atoms with Crippen LogP contribution < -0.4 is 5.11 Å². The number of sulfonamides is 1. The van der Waals surface area contributed by atoms with Gasteiger partial charge in [-0.15, -0.1) is 0 Å². The Hall–Kier alpha value is -0.990. The zero-order valence-electron chi connectivity index (χ0n) is 15.8. The zero-order chi connectivity index (χ0) is 22.1. The van der Waals surface area contributed by atoms with Gasteiger partial charge in [-0.3, -0.25) is 0 Å². The van der Waals surface area contributed by atoms with Crippen LogP contribution in [0.1, 0.15) is 51.4 Å². The summed E-state index contributed by atoms with van der Waals surface area (Å²) < 4.78 is 100. The van der Waals surface area contributed by atoms with E-state index in [4.69, 9.17) is 4.74 Å². The van der Waals surface area contributed by atoms with Crippen molar-refractivity contribution >= 4 is 29.7 Å². The van der Waals surface area contributed by atoms with E-state index < -0.39 is 50.6 Å². The van der Waals surface area contributed by atoms with E-state index in [2.05, 4.69) is 0 Å². The monoisotopic (exact) mass is 480 g/mol. The summed E-state index contributed by atoms with van der Waals surface area (Å²) in [5.41, 5.74) is 0. The van der Waals surface area contributed by atoms with Gasteiger partial charge < -0.3 is 9.84 Å². The summed E-state index contributed by atoms with van der Waals surface area (Å²) in [5.74, 6) is -1.98. The Kier molecular flexibility index (Phi) is 7.23. The molecule has 1 saturated carbocycles. The van der Waals surface area contributed by atoms with E-state index in [-0.39, 0.29) is 32.2 Å². The Balaban J connectivity index is 2.52. The van der Waals surface area contributed by atoms with E-state index in [1.165, 1.54) is 0 Å². The molecule has 170 valence electrons. The quantitative estimate of drug-likeness (QED) is 0.484. The van der Waals surface area contributed by atoms with E-state index in [0.717, 1.165) is 6.42 Å². The molecule has 0 atom stereocenters. The molecule has 1 aliphatic carbocycles. The van der Waals surface area contributed by atoms with Crippen LogP contribution in [0, 0.1) is 0 Å². The molecule has 0 spiro atoms. The summed E-state index contributed by atoms with van der Waals surface area (Å²) >= 11 is 0. The minimum atomic E-state index is -6.42. The number of ether oxygens (including phenoxy) is 1. The van der Waals surface area contributed by atoms with Crippen molar-refractivity contribution in [2.75, 3.05) is 19.3 Å². The molecule has 2 aliphatic rings. The molecule has 2 rings (SSSR count). The van der Waals surface area contributed by atoms with E-state index in [0.29, 0.717) is 36.4 Å². The highest BCUT2D eigenvalue weighted by Crippen LogP contribution is 2.39. The lowest BCUT2D eigenvalue weighted by Gasteiger charge is -2.32. The fourth-order valence-electron chi connectivity index (χ4n) is 3.34. The summed E-state index contributed by atoms with van der Waals surface area (Å²) in [4.78, 5) is 0. The van der Waals surface area contributed by atoms with Crippen LogP contribution in [0.15, 0.2) is 10.2 Å². The lowest BCUT2D eigenvalue weighted by Crippen LogP contribution is -2.50. The number of hydrogen-bond donors (Lipinski definition) is 0. The van der Waals surface area contributed by atoms with Crippen LogP contribution in [-0.4, -0.2) is 59.6 Å². The molecule has 1 aliphatic heterocycles. The van der Waals surface area contributed by atoms with Crippen molar-refractivity contribution < 1.29 is 43.9 Å². The van der Waals surface area contributed by atoms with Crippen molar-refractivity contribution in [2.24, 2.45) is 0 Å². The minimum absolute atomic E-state index is 0.242. The van der Waals surface area contributed by atoms with E-state index in [1.807, 2.05) is 0 Å². The van der Waals surface area contributed by atoms with Gasteiger partial charge >= 0.3 is 4.59 Å². The predicted octanol–water partition coefficient (Wildman–Crippen LogP) is 0.648. The Morgan fingerprint density at radius 3 is 1.90 bits per heavy atom. The molecule has 0 unspecified atom stereocenters. The molecule has 9 nitrogen and oxygen atoms in total. The third-order valence-electron chi connectivity index (χ3n) is 4.84. The number of sulfone groups is 2. The molecule has 14 heteroatoms. The highest BCUT2D eigenvalue weighted by Gasteiger charge is 2.63. The molecule has 0 N–H and O–H groups in total. The molecule has 0 aromatic carbocycles. The van der Waals surface area contributed by atoms with Crippen LogP contribution in [0.25, 0.3) is 0 Å². The first-order valence-electron chi connectivity index (χ1n) is 9.13. The number of nitrogens with zero attached hydrogens (tertiary/aromatic N) is 1. The average molecular weight is 481 g/mol. The lowest BCUT2D eigenvalue weighted by atomic mass is 9.98. The number of alkyl halides is 2. The number of halogens is 2. The molecule has 0 amide bonds. The molecular weight excluding hydrogens is 456 g/mol. The van der Waals surface area contributed by atoms with Gasteiger partial charge in [-0.2, -0.15) is 13.1 Å². The van der Waals surface area contributed by atoms with Crippen molar-refractivity contribution in [3.05, 3.63) is 10.2 Å². The Labute approximate surface area is 169 Å². The fraction of sp³-hybridized carbons (Fsp3) is 0.867. The number of rotatable bonds is 7. The molecule has 0 aromatic rings. The average Bonchev–Trinajstić information content (AvgIpc) is 2.61. The van der Waals surface area contributed by atoms with Crippen molar-refractivity contribution in [1.82, 2.24) is 4.31 Å². The summed E-state index contributed by atoms with van der Waals surface area (Å²) in [7, 11) is -17.3. The van der Waals surface area contributed by atoms with Gasteiger partial charge in [0.1, 0.15) is 0 Å². The lowest BCUT2D eigenvalue weighted by molar-refractivity contribution is -0.364. The van der Waals surface area contributed by atoms with Crippen molar-refractivity contribution in [3.8, 4) is 0 Å². The molecule has 0 bridgehead atoms. The summed E-state index contributed by atoms with van der Waals surface area (Å²) in [6.45, 7) is -0.650. The Morgan fingerprint density at radius 2 is 1.41 bits per heavy atom. The SMILES string of the molecule is CS(=O)(=O)C(=C([O-])OC1CCCCC1)S(=O)(=O)C(F)(F)S(=O)(=O)N1CCCCC1.